The molecule has 0 aliphatic carbocycles. The van der Waals surface area contributed by atoms with Gasteiger partial charge in [0.2, 0.25) is 0 Å². The van der Waals surface area contributed by atoms with E-state index in [1.54, 1.807) is 6.07 Å². The zero-order valence-electron chi connectivity index (χ0n) is 10.3. The molecule has 0 aromatic heterocycles. The summed E-state index contributed by atoms with van der Waals surface area (Å²) in [5, 5.41) is 3.41. The Labute approximate surface area is 102 Å². The Hall–Kier alpha value is -0.930. The molecule has 17 heavy (non-hydrogen) atoms. The van der Waals surface area contributed by atoms with E-state index in [2.05, 4.69) is 12.2 Å². The van der Waals surface area contributed by atoms with Crippen molar-refractivity contribution in [2.75, 3.05) is 13.2 Å². The highest BCUT2D eigenvalue weighted by Gasteiger charge is 2.21. The highest BCUT2D eigenvalue weighted by molar-refractivity contribution is 5.17. The van der Waals surface area contributed by atoms with Crippen LogP contribution in [0.15, 0.2) is 24.3 Å². The quantitative estimate of drug-likeness (QED) is 0.849. The van der Waals surface area contributed by atoms with E-state index < -0.39 is 0 Å². The fourth-order valence-corrected chi connectivity index (χ4v) is 2.26. The number of hydrogen-bond donors (Lipinski definition) is 1. The molecular weight excluding hydrogens is 217 g/mol. The summed E-state index contributed by atoms with van der Waals surface area (Å²) in [4.78, 5) is 0. The molecule has 3 heteroatoms. The van der Waals surface area contributed by atoms with E-state index >= 15 is 0 Å². The van der Waals surface area contributed by atoms with Gasteiger partial charge in [0.25, 0.3) is 0 Å². The third-order valence-corrected chi connectivity index (χ3v) is 3.34. The van der Waals surface area contributed by atoms with Crippen LogP contribution in [0.1, 0.15) is 25.3 Å². The molecule has 1 aliphatic heterocycles. The Morgan fingerprint density at radius 2 is 2.29 bits per heavy atom. The third-order valence-electron chi connectivity index (χ3n) is 3.34. The molecule has 2 unspecified atom stereocenters. The molecule has 0 saturated carbocycles. The van der Waals surface area contributed by atoms with Crippen LogP contribution in [0.3, 0.4) is 0 Å². The summed E-state index contributed by atoms with van der Waals surface area (Å²) in [6.07, 6.45) is 3.34. The van der Waals surface area contributed by atoms with Crippen molar-refractivity contribution in [3.63, 3.8) is 0 Å². The number of hydrogen-bond acceptors (Lipinski definition) is 2. The average molecular weight is 237 g/mol. The highest BCUT2D eigenvalue weighted by atomic mass is 19.1. The van der Waals surface area contributed by atoms with Crippen molar-refractivity contribution in [3.05, 3.63) is 35.6 Å². The van der Waals surface area contributed by atoms with Gasteiger partial charge in [-0.3, -0.25) is 0 Å². The van der Waals surface area contributed by atoms with Gasteiger partial charge in [0.05, 0.1) is 6.10 Å². The molecule has 1 aliphatic rings. The lowest BCUT2D eigenvalue weighted by molar-refractivity contribution is 0.0839. The normalized spacial score (nSPS) is 21.6. The lowest BCUT2D eigenvalue weighted by Crippen LogP contribution is -2.38. The Bertz CT molecular complexity index is 350. The first-order valence-corrected chi connectivity index (χ1v) is 6.36. The molecule has 1 aromatic carbocycles. The second-order valence-corrected chi connectivity index (χ2v) is 4.64. The number of rotatable bonds is 5. The molecule has 1 fully saturated rings. The van der Waals surface area contributed by atoms with Crippen LogP contribution >= 0.6 is 0 Å². The molecule has 94 valence electrons. The molecular formula is C14H20FNO. The predicted octanol–water partition coefficient (Wildman–Crippen LogP) is 2.53. The van der Waals surface area contributed by atoms with Gasteiger partial charge in [-0.15, -0.1) is 0 Å². The van der Waals surface area contributed by atoms with Crippen molar-refractivity contribution in [1.29, 1.82) is 0 Å². The predicted molar refractivity (Wildman–Crippen MR) is 66.5 cm³/mol. The van der Waals surface area contributed by atoms with Crippen molar-refractivity contribution in [1.82, 2.24) is 5.32 Å². The lowest BCUT2D eigenvalue weighted by Gasteiger charge is -2.20. The van der Waals surface area contributed by atoms with Crippen molar-refractivity contribution >= 4 is 0 Å². The summed E-state index contributed by atoms with van der Waals surface area (Å²) >= 11 is 0. The van der Waals surface area contributed by atoms with Gasteiger partial charge in [-0.2, -0.15) is 0 Å². The van der Waals surface area contributed by atoms with Gasteiger partial charge in [0.15, 0.2) is 0 Å². The molecule has 1 aromatic rings. The van der Waals surface area contributed by atoms with Crippen molar-refractivity contribution in [3.8, 4) is 0 Å². The van der Waals surface area contributed by atoms with E-state index in [9.17, 15) is 4.39 Å². The second-order valence-electron chi connectivity index (χ2n) is 4.64. The molecule has 0 spiro atoms. The van der Waals surface area contributed by atoms with Gasteiger partial charge < -0.3 is 10.1 Å². The molecule has 0 bridgehead atoms. The minimum absolute atomic E-state index is 0.112. The van der Waals surface area contributed by atoms with Gasteiger partial charge >= 0.3 is 0 Å². The zero-order valence-corrected chi connectivity index (χ0v) is 10.3. The average Bonchev–Trinajstić information content (AvgIpc) is 2.85. The van der Waals surface area contributed by atoms with Crippen molar-refractivity contribution < 1.29 is 9.13 Å². The first-order chi connectivity index (χ1) is 8.27. The van der Waals surface area contributed by atoms with Gasteiger partial charge in [-0.1, -0.05) is 18.2 Å². The molecule has 1 heterocycles. The maximum Gasteiger partial charge on any atom is 0.126 e. The minimum atomic E-state index is -0.112. The minimum Gasteiger partial charge on any atom is -0.377 e. The maximum atomic E-state index is 13.4. The third kappa shape index (κ3) is 3.51. The fraction of sp³-hybridized carbons (Fsp3) is 0.571. The SMILES string of the molecule is CC(NCCc1ccccc1F)C1CCCO1. The van der Waals surface area contributed by atoms with E-state index in [1.807, 2.05) is 12.1 Å². The van der Waals surface area contributed by atoms with Crippen LogP contribution in [0.25, 0.3) is 0 Å². The number of halogens is 1. The molecule has 1 saturated heterocycles. The summed E-state index contributed by atoms with van der Waals surface area (Å²) in [6, 6.07) is 7.31. The Morgan fingerprint density at radius 1 is 1.47 bits per heavy atom. The van der Waals surface area contributed by atoms with Gasteiger partial charge in [-0.05, 0) is 44.4 Å². The largest absolute Gasteiger partial charge is 0.377 e. The van der Waals surface area contributed by atoms with E-state index in [1.165, 1.54) is 6.07 Å². The van der Waals surface area contributed by atoms with Gasteiger partial charge in [0.1, 0.15) is 5.82 Å². The van der Waals surface area contributed by atoms with Crippen LogP contribution in [-0.2, 0) is 11.2 Å². The monoisotopic (exact) mass is 237 g/mol. The summed E-state index contributed by atoms with van der Waals surface area (Å²) in [6.45, 7) is 3.81. The van der Waals surface area contributed by atoms with E-state index in [0.717, 1.165) is 38.0 Å². The van der Waals surface area contributed by atoms with Crippen LogP contribution in [-0.4, -0.2) is 25.3 Å². The summed E-state index contributed by atoms with van der Waals surface area (Å²) in [7, 11) is 0. The van der Waals surface area contributed by atoms with Gasteiger partial charge in [0, 0.05) is 12.6 Å². The van der Waals surface area contributed by atoms with E-state index in [-0.39, 0.29) is 5.82 Å². The fourth-order valence-electron chi connectivity index (χ4n) is 2.26. The summed E-state index contributed by atoms with van der Waals surface area (Å²) in [5.41, 5.74) is 0.777. The van der Waals surface area contributed by atoms with Crippen molar-refractivity contribution in [2.24, 2.45) is 0 Å². The van der Waals surface area contributed by atoms with Crippen LogP contribution in [0.4, 0.5) is 4.39 Å². The molecule has 2 nitrogen and oxygen atoms in total. The van der Waals surface area contributed by atoms with E-state index in [4.69, 9.17) is 4.74 Å². The number of benzene rings is 1. The summed E-state index contributed by atoms with van der Waals surface area (Å²) in [5.74, 6) is -0.112. The number of nitrogens with one attached hydrogen (secondary N) is 1. The standard InChI is InChI=1S/C14H20FNO/c1-11(14-7-4-10-17-14)16-9-8-12-5-2-3-6-13(12)15/h2-3,5-6,11,14,16H,4,7-10H2,1H3. The maximum absolute atomic E-state index is 13.4. The molecule has 2 atom stereocenters. The van der Waals surface area contributed by atoms with Crippen LogP contribution in [0.5, 0.6) is 0 Å². The second kappa shape index (κ2) is 6.12. The molecule has 0 radical (unpaired) electrons. The Balaban J connectivity index is 1.74. The van der Waals surface area contributed by atoms with Crippen LogP contribution in [0, 0.1) is 5.82 Å². The Kier molecular flexibility index (Phi) is 4.51. The number of ether oxygens (including phenoxy) is 1. The van der Waals surface area contributed by atoms with E-state index in [0.29, 0.717) is 12.1 Å². The molecule has 0 amide bonds. The molecule has 1 N–H and O–H groups in total. The van der Waals surface area contributed by atoms with Crippen LogP contribution < -0.4 is 5.32 Å². The van der Waals surface area contributed by atoms with Gasteiger partial charge in [-0.25, -0.2) is 4.39 Å². The smallest absolute Gasteiger partial charge is 0.126 e. The highest BCUT2D eigenvalue weighted by Crippen LogP contribution is 2.15. The van der Waals surface area contributed by atoms with Crippen LogP contribution in [0.2, 0.25) is 0 Å². The topological polar surface area (TPSA) is 21.3 Å². The first-order valence-electron chi connectivity index (χ1n) is 6.36. The first kappa shape index (κ1) is 12.5. The lowest BCUT2D eigenvalue weighted by atomic mass is 10.1. The summed E-state index contributed by atoms with van der Waals surface area (Å²) < 4.78 is 19.0. The van der Waals surface area contributed by atoms with Crippen molar-refractivity contribution in [2.45, 2.75) is 38.3 Å². The molecule has 2 rings (SSSR count). The Morgan fingerprint density at radius 3 is 3.00 bits per heavy atom. The zero-order chi connectivity index (χ0) is 12.1.